The molecular formula is C15H13N3O4S2. The first-order valence-electron chi connectivity index (χ1n) is 6.67. The van der Waals surface area contributed by atoms with E-state index in [1.165, 1.54) is 23.1 Å². The molecule has 2 aromatic rings. The van der Waals surface area contributed by atoms with E-state index < -0.39 is 11.9 Å². The number of nitrogens with one attached hydrogen (secondary N) is 2. The molecule has 3 N–H and O–H groups in total. The lowest BCUT2D eigenvalue weighted by atomic mass is 10.3. The van der Waals surface area contributed by atoms with Gasteiger partial charge in [-0.3, -0.25) is 9.59 Å². The summed E-state index contributed by atoms with van der Waals surface area (Å²) in [6.45, 7) is 0. The Morgan fingerprint density at radius 2 is 1.92 bits per heavy atom. The van der Waals surface area contributed by atoms with Gasteiger partial charge >= 0.3 is 5.97 Å². The molecular weight excluding hydrogens is 350 g/mol. The van der Waals surface area contributed by atoms with Crippen molar-refractivity contribution >= 4 is 51.7 Å². The van der Waals surface area contributed by atoms with Crippen LogP contribution in [0.4, 0.5) is 10.8 Å². The average molecular weight is 363 g/mol. The number of carbonyl (C=O) groups excluding carboxylic acids is 2. The van der Waals surface area contributed by atoms with Gasteiger partial charge in [0.2, 0.25) is 11.8 Å². The Morgan fingerprint density at radius 1 is 1.17 bits per heavy atom. The van der Waals surface area contributed by atoms with E-state index in [0.717, 1.165) is 17.0 Å². The summed E-state index contributed by atoms with van der Waals surface area (Å²) in [4.78, 5) is 38.3. The third-order valence-corrected chi connectivity index (χ3v) is 4.25. The van der Waals surface area contributed by atoms with Crippen molar-refractivity contribution in [1.29, 1.82) is 0 Å². The summed E-state index contributed by atoms with van der Waals surface area (Å²) < 4.78 is 0. The number of hydrogen-bond acceptors (Lipinski definition) is 6. The number of hydrogen-bond donors (Lipinski definition) is 3. The highest BCUT2D eigenvalue weighted by molar-refractivity contribution is 8.00. The summed E-state index contributed by atoms with van der Waals surface area (Å²) in [5, 5.41) is 16.0. The molecule has 1 heterocycles. The number of aliphatic carboxylic acids is 1. The lowest BCUT2D eigenvalue weighted by molar-refractivity contribution is -0.131. The zero-order valence-electron chi connectivity index (χ0n) is 12.3. The lowest BCUT2D eigenvalue weighted by Gasteiger charge is -2.05. The number of carboxylic acids is 1. The molecule has 0 unspecified atom stereocenters. The van der Waals surface area contributed by atoms with E-state index in [9.17, 15) is 14.4 Å². The molecule has 124 valence electrons. The normalized spacial score (nSPS) is 10.5. The second kappa shape index (κ2) is 8.85. The van der Waals surface area contributed by atoms with E-state index >= 15 is 0 Å². The Kier molecular flexibility index (Phi) is 6.52. The molecule has 24 heavy (non-hydrogen) atoms. The summed E-state index contributed by atoms with van der Waals surface area (Å²) >= 11 is 2.70. The maximum absolute atomic E-state index is 11.7. The van der Waals surface area contributed by atoms with Gasteiger partial charge in [0, 0.05) is 34.3 Å². The van der Waals surface area contributed by atoms with Crippen LogP contribution in [0.15, 0.2) is 52.9 Å². The highest BCUT2D eigenvalue weighted by Gasteiger charge is 2.05. The number of nitrogens with zero attached hydrogens (tertiary/aromatic N) is 1. The molecule has 0 aliphatic rings. The number of amides is 2. The van der Waals surface area contributed by atoms with Gasteiger partial charge < -0.3 is 15.7 Å². The molecule has 2 amide bonds. The molecule has 0 radical (unpaired) electrons. The number of benzene rings is 1. The fourth-order valence-electron chi connectivity index (χ4n) is 1.55. The minimum Gasteiger partial charge on any atom is -0.478 e. The molecule has 0 fully saturated rings. The molecule has 1 aromatic carbocycles. The zero-order chi connectivity index (χ0) is 17.4. The van der Waals surface area contributed by atoms with Crippen LogP contribution in [0.25, 0.3) is 0 Å². The van der Waals surface area contributed by atoms with Crippen LogP contribution in [-0.4, -0.2) is 33.6 Å². The van der Waals surface area contributed by atoms with Crippen molar-refractivity contribution in [2.24, 2.45) is 0 Å². The molecule has 0 aliphatic heterocycles. The SMILES string of the molecule is O=C(O)/C=C/C(=O)Nc1ccc(SCC(=O)Nc2nccs2)cc1. The summed E-state index contributed by atoms with van der Waals surface area (Å²) in [7, 11) is 0. The molecule has 0 saturated heterocycles. The topological polar surface area (TPSA) is 108 Å². The Bertz CT molecular complexity index is 743. The average Bonchev–Trinajstić information content (AvgIpc) is 3.05. The predicted octanol–water partition coefficient (Wildman–Crippen LogP) is 2.45. The van der Waals surface area contributed by atoms with Gasteiger partial charge in [-0.05, 0) is 24.3 Å². The number of carboxylic acid groups (broad SMARTS) is 1. The molecule has 0 bridgehead atoms. The van der Waals surface area contributed by atoms with Gasteiger partial charge in [-0.2, -0.15) is 0 Å². The highest BCUT2D eigenvalue weighted by atomic mass is 32.2. The number of rotatable bonds is 7. The van der Waals surface area contributed by atoms with Crippen LogP contribution in [0.3, 0.4) is 0 Å². The molecule has 9 heteroatoms. The molecule has 0 saturated carbocycles. The maximum atomic E-state index is 11.7. The first-order chi connectivity index (χ1) is 11.5. The van der Waals surface area contributed by atoms with Crippen LogP contribution in [0.2, 0.25) is 0 Å². The van der Waals surface area contributed by atoms with Gasteiger partial charge in [-0.25, -0.2) is 9.78 Å². The van der Waals surface area contributed by atoms with Gasteiger partial charge in [0.1, 0.15) is 0 Å². The van der Waals surface area contributed by atoms with Gasteiger partial charge in [0.25, 0.3) is 0 Å². The second-order valence-corrected chi connectivity index (χ2v) is 6.30. The van der Waals surface area contributed by atoms with Gasteiger partial charge in [0.05, 0.1) is 5.75 Å². The minimum absolute atomic E-state index is 0.147. The smallest absolute Gasteiger partial charge is 0.328 e. The van der Waals surface area contributed by atoms with E-state index in [1.807, 2.05) is 0 Å². The highest BCUT2D eigenvalue weighted by Crippen LogP contribution is 2.21. The van der Waals surface area contributed by atoms with E-state index in [4.69, 9.17) is 5.11 Å². The Hall–Kier alpha value is -2.65. The van der Waals surface area contributed by atoms with Gasteiger partial charge in [-0.15, -0.1) is 23.1 Å². The molecule has 0 atom stereocenters. The van der Waals surface area contributed by atoms with E-state index in [-0.39, 0.29) is 11.7 Å². The first kappa shape index (κ1) is 17.7. The Balaban J connectivity index is 1.80. The van der Waals surface area contributed by atoms with Crippen molar-refractivity contribution in [2.75, 3.05) is 16.4 Å². The molecule has 2 rings (SSSR count). The minimum atomic E-state index is -1.19. The summed E-state index contributed by atoms with van der Waals surface area (Å²) in [5.41, 5.74) is 0.534. The third kappa shape index (κ3) is 6.23. The summed E-state index contributed by atoms with van der Waals surface area (Å²) in [6.07, 6.45) is 3.32. The van der Waals surface area contributed by atoms with Crippen LogP contribution in [-0.2, 0) is 14.4 Å². The van der Waals surface area contributed by atoms with Crippen molar-refractivity contribution < 1.29 is 19.5 Å². The van der Waals surface area contributed by atoms with Crippen molar-refractivity contribution in [3.8, 4) is 0 Å². The largest absolute Gasteiger partial charge is 0.478 e. The fraction of sp³-hybridized carbons (Fsp3) is 0.0667. The number of thiazole rings is 1. The summed E-state index contributed by atoms with van der Waals surface area (Å²) in [6, 6.07) is 6.87. The molecule has 0 aliphatic carbocycles. The number of anilines is 2. The first-order valence-corrected chi connectivity index (χ1v) is 8.53. The quantitative estimate of drug-likeness (QED) is 0.515. The zero-order valence-corrected chi connectivity index (χ0v) is 13.9. The van der Waals surface area contributed by atoms with Crippen LogP contribution in [0.1, 0.15) is 0 Å². The molecule has 1 aromatic heterocycles. The number of aromatic nitrogens is 1. The number of carbonyl (C=O) groups is 3. The van der Waals surface area contributed by atoms with Gasteiger partial charge in [-0.1, -0.05) is 0 Å². The van der Waals surface area contributed by atoms with E-state index in [1.54, 1.807) is 35.8 Å². The van der Waals surface area contributed by atoms with Gasteiger partial charge in [0.15, 0.2) is 5.13 Å². The predicted molar refractivity (Wildman–Crippen MR) is 93.3 cm³/mol. The standard InChI is InChI=1S/C15H13N3O4S2/c19-12(5-6-14(21)22)17-10-1-3-11(4-2-10)24-9-13(20)18-15-16-7-8-23-15/h1-8H,9H2,(H,17,19)(H,21,22)(H,16,18,20)/b6-5+. The maximum Gasteiger partial charge on any atom is 0.328 e. The lowest BCUT2D eigenvalue weighted by Crippen LogP contribution is -2.13. The van der Waals surface area contributed by atoms with Crippen LogP contribution in [0, 0.1) is 0 Å². The Morgan fingerprint density at radius 3 is 2.54 bits per heavy atom. The fourth-order valence-corrected chi connectivity index (χ4v) is 2.80. The monoisotopic (exact) mass is 363 g/mol. The summed E-state index contributed by atoms with van der Waals surface area (Å²) in [5.74, 6) is -1.62. The van der Waals surface area contributed by atoms with Crippen molar-refractivity contribution in [2.45, 2.75) is 4.90 Å². The van der Waals surface area contributed by atoms with Crippen LogP contribution >= 0.6 is 23.1 Å². The second-order valence-electron chi connectivity index (χ2n) is 4.36. The van der Waals surface area contributed by atoms with E-state index in [2.05, 4.69) is 15.6 Å². The van der Waals surface area contributed by atoms with Crippen LogP contribution < -0.4 is 10.6 Å². The van der Waals surface area contributed by atoms with Crippen LogP contribution in [0.5, 0.6) is 0 Å². The molecule has 0 spiro atoms. The van der Waals surface area contributed by atoms with Crippen molar-refractivity contribution in [3.63, 3.8) is 0 Å². The third-order valence-electron chi connectivity index (χ3n) is 2.55. The molecule has 7 nitrogen and oxygen atoms in total. The number of thioether (sulfide) groups is 1. The van der Waals surface area contributed by atoms with Crippen molar-refractivity contribution in [3.05, 3.63) is 48.0 Å². The van der Waals surface area contributed by atoms with Crippen molar-refractivity contribution in [1.82, 2.24) is 4.98 Å². The Labute approximate surface area is 145 Å². The van der Waals surface area contributed by atoms with E-state index in [0.29, 0.717) is 10.8 Å².